The van der Waals surface area contributed by atoms with Crippen LogP contribution < -0.4 is 5.43 Å². The third-order valence-corrected chi connectivity index (χ3v) is 5.56. The summed E-state index contributed by atoms with van der Waals surface area (Å²) in [6, 6.07) is 13.3. The molecule has 3 aromatic rings. The molecule has 1 aromatic heterocycles. The van der Waals surface area contributed by atoms with Crippen LogP contribution in [0.1, 0.15) is 18.7 Å². The van der Waals surface area contributed by atoms with Gasteiger partial charge in [0, 0.05) is 20.4 Å². The Kier molecular flexibility index (Phi) is 6.18. The van der Waals surface area contributed by atoms with Crippen LogP contribution in [0.3, 0.4) is 0 Å². The molecule has 1 saturated heterocycles. The van der Waals surface area contributed by atoms with Crippen molar-refractivity contribution in [2.24, 2.45) is 5.10 Å². The summed E-state index contributed by atoms with van der Waals surface area (Å²) in [6.45, 7) is 2.28. The van der Waals surface area contributed by atoms with E-state index < -0.39 is 0 Å². The maximum Gasteiger partial charge on any atom is 0.254 e. The van der Waals surface area contributed by atoms with Gasteiger partial charge in [0.25, 0.3) is 5.91 Å². The van der Waals surface area contributed by atoms with Crippen LogP contribution in [0.25, 0.3) is 22.2 Å². The zero-order valence-electron chi connectivity index (χ0n) is 15.6. The predicted octanol–water partition coefficient (Wildman–Crippen LogP) is 4.26. The van der Waals surface area contributed by atoms with Crippen LogP contribution >= 0.6 is 27.5 Å². The maximum absolute atomic E-state index is 12.0. The quantitative estimate of drug-likeness (QED) is 0.445. The van der Waals surface area contributed by atoms with E-state index in [4.69, 9.17) is 11.6 Å². The minimum atomic E-state index is -0.140. The number of benzene rings is 2. The molecule has 4 rings (SSSR count). The minimum Gasteiger partial charge on any atom is -0.294 e. The number of likely N-dealkylation sites (tertiary alicyclic amines) is 1. The van der Waals surface area contributed by atoms with Gasteiger partial charge in [-0.2, -0.15) is 5.10 Å². The van der Waals surface area contributed by atoms with Crippen molar-refractivity contribution in [2.45, 2.75) is 12.8 Å². The lowest BCUT2D eigenvalue weighted by molar-refractivity contribution is -0.121. The molecule has 1 fully saturated rings. The zero-order chi connectivity index (χ0) is 20.2. The van der Waals surface area contributed by atoms with Gasteiger partial charge in [0.15, 0.2) is 5.82 Å². The van der Waals surface area contributed by atoms with E-state index in [1.165, 1.54) is 6.21 Å². The number of hydrogen-bond donors (Lipinski definition) is 1. The molecule has 0 spiro atoms. The Labute approximate surface area is 182 Å². The molecule has 2 aromatic carbocycles. The molecule has 29 heavy (non-hydrogen) atoms. The fraction of sp³-hybridized carbons (Fsp3) is 0.238. The summed E-state index contributed by atoms with van der Waals surface area (Å²) in [6.07, 6.45) is 3.74. The van der Waals surface area contributed by atoms with Crippen LogP contribution in [0.4, 0.5) is 0 Å². The van der Waals surface area contributed by atoms with E-state index in [-0.39, 0.29) is 5.91 Å². The first kappa shape index (κ1) is 19.9. The van der Waals surface area contributed by atoms with Crippen LogP contribution in [-0.4, -0.2) is 46.6 Å². The van der Waals surface area contributed by atoms with Crippen molar-refractivity contribution in [2.75, 3.05) is 19.6 Å². The second-order valence-corrected chi connectivity index (χ2v) is 8.17. The van der Waals surface area contributed by atoms with Gasteiger partial charge in [0.1, 0.15) is 0 Å². The number of rotatable bonds is 5. The average molecular weight is 473 g/mol. The molecule has 0 atom stereocenters. The van der Waals surface area contributed by atoms with Gasteiger partial charge >= 0.3 is 0 Å². The number of hydrazone groups is 1. The normalized spacial score (nSPS) is 14.7. The number of fused-ring (bicyclic) bond motifs is 1. The van der Waals surface area contributed by atoms with E-state index in [1.807, 2.05) is 42.5 Å². The monoisotopic (exact) mass is 471 g/mol. The van der Waals surface area contributed by atoms with Crippen LogP contribution in [0.2, 0.25) is 5.02 Å². The Morgan fingerprint density at radius 2 is 2.00 bits per heavy atom. The lowest BCUT2D eigenvalue weighted by Crippen LogP contribution is -2.33. The highest BCUT2D eigenvalue weighted by molar-refractivity contribution is 9.10. The van der Waals surface area contributed by atoms with Crippen molar-refractivity contribution in [3.05, 3.63) is 57.8 Å². The smallest absolute Gasteiger partial charge is 0.254 e. The molecule has 148 valence electrons. The summed E-state index contributed by atoms with van der Waals surface area (Å²) in [7, 11) is 0. The van der Waals surface area contributed by atoms with Crippen molar-refractivity contribution in [1.29, 1.82) is 0 Å². The number of nitrogens with one attached hydrogen (secondary N) is 1. The van der Waals surface area contributed by atoms with Crippen molar-refractivity contribution in [3.8, 4) is 11.3 Å². The summed E-state index contributed by atoms with van der Waals surface area (Å²) in [5.41, 5.74) is 4.85. The minimum absolute atomic E-state index is 0.140. The van der Waals surface area contributed by atoms with Crippen LogP contribution in [-0.2, 0) is 4.79 Å². The number of carbonyl (C=O) groups excluding carboxylic acids is 1. The van der Waals surface area contributed by atoms with Crippen molar-refractivity contribution < 1.29 is 4.79 Å². The number of carbonyl (C=O) groups is 1. The van der Waals surface area contributed by atoms with E-state index in [2.05, 4.69) is 41.3 Å². The Bertz CT molecular complexity index is 1080. The summed E-state index contributed by atoms with van der Waals surface area (Å²) < 4.78 is 0.928. The first-order chi connectivity index (χ1) is 14.1. The first-order valence-corrected chi connectivity index (χ1v) is 10.5. The van der Waals surface area contributed by atoms with Crippen LogP contribution in [0.5, 0.6) is 0 Å². The number of halogens is 2. The molecule has 1 amide bonds. The van der Waals surface area contributed by atoms with E-state index in [0.29, 0.717) is 23.1 Å². The molecule has 0 radical (unpaired) electrons. The second-order valence-electron chi connectivity index (χ2n) is 6.85. The van der Waals surface area contributed by atoms with E-state index in [1.54, 1.807) is 0 Å². The summed E-state index contributed by atoms with van der Waals surface area (Å²) in [5.74, 6) is 0.260. The van der Waals surface area contributed by atoms with E-state index in [0.717, 1.165) is 46.9 Å². The number of hydrogen-bond acceptors (Lipinski definition) is 5. The molecule has 0 aliphatic carbocycles. The molecule has 8 heteroatoms. The molecule has 1 aliphatic heterocycles. The highest BCUT2D eigenvalue weighted by Crippen LogP contribution is 2.32. The maximum atomic E-state index is 12.0. The van der Waals surface area contributed by atoms with Crippen molar-refractivity contribution in [3.63, 3.8) is 0 Å². The fourth-order valence-corrected chi connectivity index (χ4v) is 3.96. The van der Waals surface area contributed by atoms with Gasteiger partial charge in [0.05, 0.1) is 24.0 Å². The van der Waals surface area contributed by atoms with Crippen LogP contribution in [0, 0.1) is 0 Å². The number of aromatic nitrogens is 2. The highest BCUT2D eigenvalue weighted by Gasteiger charge is 2.15. The number of nitrogens with zero attached hydrogens (tertiary/aromatic N) is 4. The zero-order valence-corrected chi connectivity index (χ0v) is 17.9. The Morgan fingerprint density at radius 3 is 2.79 bits per heavy atom. The lowest BCUT2D eigenvalue weighted by atomic mass is 10.1. The van der Waals surface area contributed by atoms with E-state index in [9.17, 15) is 4.79 Å². The highest BCUT2D eigenvalue weighted by atomic mass is 79.9. The van der Waals surface area contributed by atoms with Gasteiger partial charge in [-0.3, -0.25) is 9.69 Å². The standard InChI is InChI=1S/C21H19BrClN5O/c22-14-7-8-18-16(11-14)21(15-5-1-2-6-17(15)23)26-19(25-18)12-24-27-20(29)13-28-9-3-4-10-28/h1-2,5-8,11-12H,3-4,9-10,13H2,(H,27,29)/b24-12+. The Hall–Kier alpha value is -2.35. The third kappa shape index (κ3) is 4.80. The van der Waals surface area contributed by atoms with Crippen LogP contribution in [0.15, 0.2) is 52.0 Å². The Morgan fingerprint density at radius 1 is 1.21 bits per heavy atom. The SMILES string of the molecule is O=C(CN1CCCC1)N/N=C/c1nc(-c2ccccc2Cl)c2cc(Br)ccc2n1. The van der Waals surface area contributed by atoms with Gasteiger partial charge in [-0.1, -0.05) is 45.7 Å². The second kappa shape index (κ2) is 8.98. The van der Waals surface area contributed by atoms with Gasteiger partial charge in [0.2, 0.25) is 0 Å². The van der Waals surface area contributed by atoms with Gasteiger partial charge in [-0.25, -0.2) is 15.4 Å². The summed E-state index contributed by atoms with van der Waals surface area (Å²) in [5, 5.41) is 5.53. The first-order valence-electron chi connectivity index (χ1n) is 9.36. The molecule has 1 N–H and O–H groups in total. The molecular formula is C21H19BrClN5O. The number of amides is 1. The van der Waals surface area contributed by atoms with Gasteiger partial charge in [-0.15, -0.1) is 0 Å². The third-order valence-electron chi connectivity index (χ3n) is 4.74. The summed E-state index contributed by atoms with van der Waals surface area (Å²) in [4.78, 5) is 23.4. The van der Waals surface area contributed by atoms with Crippen molar-refractivity contribution in [1.82, 2.24) is 20.3 Å². The molecule has 6 nitrogen and oxygen atoms in total. The molecular weight excluding hydrogens is 454 g/mol. The summed E-state index contributed by atoms with van der Waals surface area (Å²) >= 11 is 9.91. The van der Waals surface area contributed by atoms with Crippen molar-refractivity contribution >= 4 is 50.6 Å². The molecule has 2 heterocycles. The largest absolute Gasteiger partial charge is 0.294 e. The predicted molar refractivity (Wildman–Crippen MR) is 119 cm³/mol. The van der Waals surface area contributed by atoms with Gasteiger partial charge < -0.3 is 0 Å². The van der Waals surface area contributed by atoms with Gasteiger partial charge in [-0.05, 0) is 50.2 Å². The molecule has 0 unspecified atom stereocenters. The molecule has 0 saturated carbocycles. The lowest BCUT2D eigenvalue weighted by Gasteiger charge is -2.12. The fourth-order valence-electron chi connectivity index (χ4n) is 3.38. The topological polar surface area (TPSA) is 70.5 Å². The Balaban J connectivity index is 1.62. The van der Waals surface area contributed by atoms with E-state index >= 15 is 0 Å². The molecule has 1 aliphatic rings. The average Bonchev–Trinajstić information content (AvgIpc) is 3.21. The molecule has 0 bridgehead atoms.